The number of benzene rings is 1. The quantitative estimate of drug-likeness (QED) is 0.776. The van der Waals surface area contributed by atoms with Crippen molar-refractivity contribution in [1.29, 1.82) is 0 Å². The molecule has 0 aliphatic carbocycles. The molecular weight excluding hydrogens is 366 g/mol. The summed E-state index contributed by atoms with van der Waals surface area (Å²) in [4.78, 5) is 32.2. The zero-order valence-corrected chi connectivity index (χ0v) is 17.5. The van der Waals surface area contributed by atoms with Crippen LogP contribution in [0.5, 0.6) is 0 Å². The maximum atomic E-state index is 13.2. The SMILES string of the molecule is Cc1ccc(CC(=O)N2CCN([C@H]3CCCN(C4CCOCC4)C3=O)CC2)cc1. The van der Waals surface area contributed by atoms with Crippen molar-refractivity contribution < 1.29 is 14.3 Å². The van der Waals surface area contributed by atoms with Gasteiger partial charge in [-0.1, -0.05) is 29.8 Å². The van der Waals surface area contributed by atoms with E-state index < -0.39 is 0 Å². The Hall–Kier alpha value is -1.92. The highest BCUT2D eigenvalue weighted by Gasteiger charge is 2.38. The van der Waals surface area contributed by atoms with Gasteiger partial charge in [-0.15, -0.1) is 0 Å². The number of rotatable bonds is 4. The highest BCUT2D eigenvalue weighted by Crippen LogP contribution is 2.24. The minimum Gasteiger partial charge on any atom is -0.381 e. The molecule has 0 N–H and O–H groups in total. The number of hydrogen-bond acceptors (Lipinski definition) is 4. The molecule has 0 saturated carbocycles. The van der Waals surface area contributed by atoms with Gasteiger partial charge in [-0.3, -0.25) is 14.5 Å². The molecule has 4 rings (SSSR count). The van der Waals surface area contributed by atoms with Crippen LogP contribution in [0.2, 0.25) is 0 Å². The number of amides is 2. The number of piperidine rings is 1. The van der Waals surface area contributed by atoms with Crippen molar-refractivity contribution in [3.8, 4) is 0 Å². The number of carbonyl (C=O) groups excluding carboxylic acids is 2. The van der Waals surface area contributed by atoms with Gasteiger partial charge in [0.25, 0.3) is 0 Å². The second kappa shape index (κ2) is 9.26. The molecule has 6 nitrogen and oxygen atoms in total. The third-order valence-corrected chi connectivity index (χ3v) is 6.66. The Labute approximate surface area is 173 Å². The Kier molecular flexibility index (Phi) is 6.50. The standard InChI is InChI=1S/C23H33N3O3/c1-18-4-6-19(7-5-18)17-22(27)25-13-11-24(12-14-25)21-3-2-10-26(23(21)28)20-8-15-29-16-9-20/h4-7,20-21H,2-3,8-17H2,1H3/t21-/m0/s1. The van der Waals surface area contributed by atoms with E-state index in [2.05, 4.69) is 28.9 Å². The van der Waals surface area contributed by atoms with Gasteiger partial charge in [0.15, 0.2) is 0 Å². The third-order valence-electron chi connectivity index (χ3n) is 6.66. The maximum absolute atomic E-state index is 13.2. The predicted molar refractivity (Wildman–Crippen MR) is 112 cm³/mol. The van der Waals surface area contributed by atoms with E-state index in [1.807, 2.05) is 17.0 Å². The van der Waals surface area contributed by atoms with Crippen LogP contribution in [0.15, 0.2) is 24.3 Å². The van der Waals surface area contributed by atoms with Crippen LogP contribution >= 0.6 is 0 Å². The van der Waals surface area contributed by atoms with Crippen molar-refractivity contribution in [3.63, 3.8) is 0 Å². The van der Waals surface area contributed by atoms with Crippen LogP contribution in [0.3, 0.4) is 0 Å². The fourth-order valence-electron chi connectivity index (χ4n) is 4.85. The molecule has 1 aromatic carbocycles. The van der Waals surface area contributed by atoms with Gasteiger partial charge in [0, 0.05) is 52.0 Å². The summed E-state index contributed by atoms with van der Waals surface area (Å²) in [5, 5.41) is 0. The van der Waals surface area contributed by atoms with Crippen LogP contribution in [0.1, 0.15) is 36.8 Å². The van der Waals surface area contributed by atoms with Gasteiger partial charge in [0.2, 0.25) is 11.8 Å². The van der Waals surface area contributed by atoms with Crippen LogP contribution in [0.4, 0.5) is 0 Å². The molecule has 0 aromatic heterocycles. The average Bonchev–Trinajstić information content (AvgIpc) is 2.76. The molecule has 2 amide bonds. The molecule has 3 aliphatic rings. The predicted octanol–water partition coefficient (Wildman–Crippen LogP) is 1.85. The van der Waals surface area contributed by atoms with E-state index in [-0.39, 0.29) is 11.9 Å². The van der Waals surface area contributed by atoms with E-state index in [1.165, 1.54) is 5.56 Å². The Morgan fingerprint density at radius 2 is 1.69 bits per heavy atom. The summed E-state index contributed by atoms with van der Waals surface area (Å²) < 4.78 is 5.47. The first-order valence-corrected chi connectivity index (χ1v) is 11.1. The molecule has 6 heteroatoms. The lowest BCUT2D eigenvalue weighted by Crippen LogP contribution is -2.60. The van der Waals surface area contributed by atoms with E-state index in [4.69, 9.17) is 4.74 Å². The summed E-state index contributed by atoms with van der Waals surface area (Å²) in [6, 6.07) is 8.51. The topological polar surface area (TPSA) is 53.1 Å². The lowest BCUT2D eigenvalue weighted by Gasteiger charge is -2.45. The lowest BCUT2D eigenvalue weighted by molar-refractivity contribution is -0.146. The Morgan fingerprint density at radius 1 is 1.00 bits per heavy atom. The first-order valence-electron chi connectivity index (χ1n) is 11.1. The number of piperazine rings is 1. The smallest absolute Gasteiger partial charge is 0.240 e. The summed E-state index contributed by atoms with van der Waals surface area (Å²) in [5.41, 5.74) is 2.28. The molecular formula is C23H33N3O3. The number of ether oxygens (including phenoxy) is 1. The molecule has 0 spiro atoms. The van der Waals surface area contributed by atoms with Crippen molar-refractivity contribution in [2.45, 2.75) is 51.1 Å². The average molecular weight is 400 g/mol. The summed E-state index contributed by atoms with van der Waals surface area (Å²) in [5.74, 6) is 0.481. The fourth-order valence-corrected chi connectivity index (χ4v) is 4.85. The highest BCUT2D eigenvalue weighted by atomic mass is 16.5. The summed E-state index contributed by atoms with van der Waals surface area (Å²) in [7, 11) is 0. The van der Waals surface area contributed by atoms with Crippen molar-refractivity contribution in [1.82, 2.24) is 14.7 Å². The van der Waals surface area contributed by atoms with Crippen molar-refractivity contribution in [3.05, 3.63) is 35.4 Å². The van der Waals surface area contributed by atoms with Crippen LogP contribution in [0.25, 0.3) is 0 Å². The van der Waals surface area contributed by atoms with Crippen LogP contribution in [0, 0.1) is 6.92 Å². The second-order valence-corrected chi connectivity index (χ2v) is 8.61. The molecule has 0 radical (unpaired) electrons. The van der Waals surface area contributed by atoms with E-state index in [0.29, 0.717) is 31.5 Å². The lowest BCUT2D eigenvalue weighted by atomic mass is 9.97. The number of aryl methyl sites for hydroxylation is 1. The van der Waals surface area contributed by atoms with E-state index in [1.54, 1.807) is 0 Å². The van der Waals surface area contributed by atoms with Gasteiger partial charge < -0.3 is 14.5 Å². The number of nitrogens with zero attached hydrogens (tertiary/aromatic N) is 3. The summed E-state index contributed by atoms with van der Waals surface area (Å²) in [6.45, 7) is 7.48. The summed E-state index contributed by atoms with van der Waals surface area (Å²) >= 11 is 0. The van der Waals surface area contributed by atoms with Gasteiger partial charge in [-0.25, -0.2) is 0 Å². The van der Waals surface area contributed by atoms with E-state index >= 15 is 0 Å². The summed E-state index contributed by atoms with van der Waals surface area (Å²) in [6.07, 6.45) is 4.38. The largest absolute Gasteiger partial charge is 0.381 e. The molecule has 1 atom stereocenters. The van der Waals surface area contributed by atoms with Gasteiger partial charge in [-0.05, 0) is 38.2 Å². The molecule has 158 valence electrons. The van der Waals surface area contributed by atoms with Crippen LogP contribution in [-0.2, 0) is 20.7 Å². The number of likely N-dealkylation sites (tertiary alicyclic amines) is 1. The fraction of sp³-hybridized carbons (Fsp3) is 0.652. The molecule has 3 aliphatic heterocycles. The minimum atomic E-state index is -0.0130. The Bertz CT molecular complexity index is 707. The van der Waals surface area contributed by atoms with Crippen molar-refractivity contribution in [2.75, 3.05) is 45.9 Å². The van der Waals surface area contributed by atoms with Crippen molar-refractivity contribution >= 4 is 11.8 Å². The zero-order chi connectivity index (χ0) is 20.2. The molecule has 3 saturated heterocycles. The number of carbonyl (C=O) groups is 2. The molecule has 0 bridgehead atoms. The maximum Gasteiger partial charge on any atom is 0.240 e. The van der Waals surface area contributed by atoms with Crippen molar-refractivity contribution in [2.24, 2.45) is 0 Å². The monoisotopic (exact) mass is 399 g/mol. The molecule has 0 unspecified atom stereocenters. The molecule has 29 heavy (non-hydrogen) atoms. The zero-order valence-electron chi connectivity index (χ0n) is 17.5. The first-order chi connectivity index (χ1) is 14.1. The molecule has 3 fully saturated rings. The van der Waals surface area contributed by atoms with Crippen LogP contribution < -0.4 is 0 Å². The van der Waals surface area contributed by atoms with Gasteiger partial charge in [0.1, 0.15) is 0 Å². The Morgan fingerprint density at radius 3 is 2.38 bits per heavy atom. The van der Waals surface area contributed by atoms with Gasteiger partial charge in [0.05, 0.1) is 12.5 Å². The minimum absolute atomic E-state index is 0.0130. The van der Waals surface area contributed by atoms with E-state index in [9.17, 15) is 9.59 Å². The second-order valence-electron chi connectivity index (χ2n) is 8.61. The normalized spacial score (nSPS) is 24.7. The molecule has 1 aromatic rings. The van der Waals surface area contributed by atoms with Gasteiger partial charge in [-0.2, -0.15) is 0 Å². The third kappa shape index (κ3) is 4.81. The number of hydrogen-bond donors (Lipinski definition) is 0. The van der Waals surface area contributed by atoms with E-state index in [0.717, 1.165) is 64.1 Å². The first kappa shape index (κ1) is 20.4. The molecule has 3 heterocycles. The Balaban J connectivity index is 1.29. The van der Waals surface area contributed by atoms with Crippen LogP contribution in [-0.4, -0.2) is 84.5 Å². The van der Waals surface area contributed by atoms with Gasteiger partial charge >= 0.3 is 0 Å². The highest BCUT2D eigenvalue weighted by molar-refractivity contribution is 5.83.